The Morgan fingerprint density at radius 1 is 1.00 bits per heavy atom. The molecule has 0 bridgehead atoms. The van der Waals surface area contributed by atoms with Gasteiger partial charge in [-0.15, -0.1) is 0 Å². The summed E-state index contributed by atoms with van der Waals surface area (Å²) in [4.78, 5) is 0. The first-order chi connectivity index (χ1) is 7.81. The van der Waals surface area contributed by atoms with E-state index in [1.165, 1.54) is 6.07 Å². The van der Waals surface area contributed by atoms with Gasteiger partial charge in [-0.25, -0.2) is 0 Å². The van der Waals surface area contributed by atoms with Gasteiger partial charge in [-0.1, -0.05) is 24.3 Å². The van der Waals surface area contributed by atoms with Crippen LogP contribution in [0.5, 0.6) is 17.2 Å². The number of nitrogens with zero attached hydrogens (tertiary/aromatic N) is 1. The maximum absolute atomic E-state index is 9.47. The summed E-state index contributed by atoms with van der Waals surface area (Å²) in [5, 5.41) is 18.4. The summed E-state index contributed by atoms with van der Waals surface area (Å²) in [6, 6.07) is 15.8. The summed E-state index contributed by atoms with van der Waals surface area (Å²) in [6.07, 6.45) is 0. The van der Waals surface area contributed by atoms with Crippen molar-refractivity contribution >= 4 is 0 Å². The average molecular weight is 211 g/mol. The zero-order valence-electron chi connectivity index (χ0n) is 8.42. The van der Waals surface area contributed by atoms with Crippen LogP contribution < -0.4 is 4.74 Å². The quantitative estimate of drug-likeness (QED) is 0.830. The Kier molecular flexibility index (Phi) is 2.75. The Morgan fingerprint density at radius 2 is 1.75 bits per heavy atom. The molecule has 2 rings (SSSR count). The van der Waals surface area contributed by atoms with Crippen molar-refractivity contribution in [2.75, 3.05) is 0 Å². The lowest BCUT2D eigenvalue weighted by atomic mass is 10.2. The van der Waals surface area contributed by atoms with Gasteiger partial charge >= 0.3 is 0 Å². The van der Waals surface area contributed by atoms with Gasteiger partial charge in [0.15, 0.2) is 0 Å². The van der Waals surface area contributed by atoms with Crippen LogP contribution in [0.1, 0.15) is 5.56 Å². The standard InChI is InChI=1S/C13H9NO2/c14-9-11-12(15)7-4-8-13(11)16-10-5-2-1-3-6-10/h1-8,15H. The molecule has 0 aliphatic rings. The number of para-hydroxylation sites is 1. The molecule has 0 aliphatic carbocycles. The normalized spacial score (nSPS) is 9.44. The van der Waals surface area contributed by atoms with E-state index in [4.69, 9.17) is 10.00 Å². The summed E-state index contributed by atoms with van der Waals surface area (Å²) in [6.45, 7) is 0. The van der Waals surface area contributed by atoms with Crippen molar-refractivity contribution in [2.24, 2.45) is 0 Å². The molecule has 0 saturated carbocycles. The van der Waals surface area contributed by atoms with E-state index >= 15 is 0 Å². The third-order valence-corrected chi connectivity index (χ3v) is 2.09. The van der Waals surface area contributed by atoms with E-state index in [-0.39, 0.29) is 11.3 Å². The van der Waals surface area contributed by atoms with Crippen LogP contribution in [0.25, 0.3) is 0 Å². The van der Waals surface area contributed by atoms with Gasteiger partial charge in [0.05, 0.1) is 0 Å². The number of ether oxygens (including phenoxy) is 1. The molecule has 0 spiro atoms. The largest absolute Gasteiger partial charge is 0.506 e. The second-order valence-electron chi connectivity index (χ2n) is 3.18. The van der Waals surface area contributed by atoms with Crippen molar-refractivity contribution in [2.45, 2.75) is 0 Å². The molecule has 0 aromatic heterocycles. The van der Waals surface area contributed by atoms with Crippen LogP contribution in [-0.2, 0) is 0 Å². The maximum Gasteiger partial charge on any atom is 0.148 e. The summed E-state index contributed by atoms with van der Waals surface area (Å²) in [5.74, 6) is 0.911. The molecule has 0 amide bonds. The van der Waals surface area contributed by atoms with Crippen LogP contribution in [-0.4, -0.2) is 5.11 Å². The lowest BCUT2D eigenvalue weighted by Crippen LogP contribution is -1.88. The van der Waals surface area contributed by atoms with Crippen LogP contribution >= 0.6 is 0 Å². The summed E-state index contributed by atoms with van der Waals surface area (Å²) >= 11 is 0. The number of hydrogen-bond acceptors (Lipinski definition) is 3. The van der Waals surface area contributed by atoms with Gasteiger partial charge in [-0.2, -0.15) is 5.26 Å². The van der Waals surface area contributed by atoms with E-state index in [0.717, 1.165) is 0 Å². The molecule has 3 nitrogen and oxygen atoms in total. The van der Waals surface area contributed by atoms with Gasteiger partial charge in [0.25, 0.3) is 0 Å². The Morgan fingerprint density at radius 3 is 2.44 bits per heavy atom. The summed E-state index contributed by atoms with van der Waals surface area (Å²) in [5.41, 5.74) is 0.145. The van der Waals surface area contributed by atoms with Crippen LogP contribution in [0.3, 0.4) is 0 Å². The maximum atomic E-state index is 9.47. The molecule has 0 saturated heterocycles. The van der Waals surface area contributed by atoms with Crippen molar-refractivity contribution in [1.82, 2.24) is 0 Å². The Labute approximate surface area is 93.2 Å². The van der Waals surface area contributed by atoms with Crippen LogP contribution in [0.2, 0.25) is 0 Å². The van der Waals surface area contributed by atoms with Gasteiger partial charge in [-0.3, -0.25) is 0 Å². The molecule has 0 radical (unpaired) electrons. The van der Waals surface area contributed by atoms with E-state index in [2.05, 4.69) is 0 Å². The second kappa shape index (κ2) is 4.37. The predicted molar refractivity (Wildman–Crippen MR) is 59.3 cm³/mol. The van der Waals surface area contributed by atoms with Gasteiger partial charge in [0.1, 0.15) is 28.9 Å². The number of phenols is 1. The first kappa shape index (κ1) is 10.1. The number of rotatable bonds is 2. The first-order valence-electron chi connectivity index (χ1n) is 4.76. The fourth-order valence-corrected chi connectivity index (χ4v) is 1.33. The van der Waals surface area contributed by atoms with E-state index in [1.54, 1.807) is 24.3 Å². The topological polar surface area (TPSA) is 53.2 Å². The molecule has 0 unspecified atom stereocenters. The number of nitriles is 1. The molecule has 1 N–H and O–H groups in total. The molecule has 2 aromatic carbocycles. The number of hydrogen-bond donors (Lipinski definition) is 1. The molecular weight excluding hydrogens is 202 g/mol. The van der Waals surface area contributed by atoms with E-state index in [0.29, 0.717) is 11.5 Å². The Bertz CT molecular complexity index is 529. The molecule has 3 heteroatoms. The molecule has 0 aliphatic heterocycles. The molecule has 78 valence electrons. The van der Waals surface area contributed by atoms with Crippen molar-refractivity contribution in [3.63, 3.8) is 0 Å². The molecule has 0 heterocycles. The van der Waals surface area contributed by atoms with Crippen LogP contribution in [0.15, 0.2) is 48.5 Å². The van der Waals surface area contributed by atoms with E-state index in [9.17, 15) is 5.11 Å². The molecule has 0 atom stereocenters. The fourth-order valence-electron chi connectivity index (χ4n) is 1.33. The molecule has 16 heavy (non-hydrogen) atoms. The first-order valence-corrected chi connectivity index (χ1v) is 4.76. The average Bonchev–Trinajstić information content (AvgIpc) is 2.31. The van der Waals surface area contributed by atoms with Crippen LogP contribution in [0, 0.1) is 11.3 Å². The highest BCUT2D eigenvalue weighted by Gasteiger charge is 2.08. The monoisotopic (exact) mass is 211 g/mol. The lowest BCUT2D eigenvalue weighted by molar-refractivity contribution is 0.452. The molecular formula is C13H9NO2. The van der Waals surface area contributed by atoms with Gasteiger partial charge in [-0.05, 0) is 24.3 Å². The molecule has 2 aromatic rings. The number of phenolic OH excluding ortho intramolecular Hbond substituents is 1. The highest BCUT2D eigenvalue weighted by molar-refractivity contribution is 5.53. The van der Waals surface area contributed by atoms with E-state index in [1.807, 2.05) is 24.3 Å². The zero-order valence-corrected chi connectivity index (χ0v) is 8.42. The Hall–Kier alpha value is -2.47. The van der Waals surface area contributed by atoms with Gasteiger partial charge in [0.2, 0.25) is 0 Å². The smallest absolute Gasteiger partial charge is 0.148 e. The second-order valence-corrected chi connectivity index (χ2v) is 3.18. The minimum atomic E-state index is -0.0732. The minimum absolute atomic E-state index is 0.0732. The summed E-state index contributed by atoms with van der Waals surface area (Å²) < 4.78 is 5.50. The van der Waals surface area contributed by atoms with Crippen molar-refractivity contribution < 1.29 is 9.84 Å². The van der Waals surface area contributed by atoms with Gasteiger partial charge in [0, 0.05) is 0 Å². The predicted octanol–water partition coefficient (Wildman–Crippen LogP) is 3.06. The van der Waals surface area contributed by atoms with Crippen molar-refractivity contribution in [3.8, 4) is 23.3 Å². The summed E-state index contributed by atoms with van der Waals surface area (Å²) in [7, 11) is 0. The lowest BCUT2D eigenvalue weighted by Gasteiger charge is -2.07. The molecule has 0 fully saturated rings. The van der Waals surface area contributed by atoms with Gasteiger partial charge < -0.3 is 9.84 Å². The van der Waals surface area contributed by atoms with Crippen molar-refractivity contribution in [1.29, 1.82) is 5.26 Å². The fraction of sp³-hybridized carbons (Fsp3) is 0. The number of aromatic hydroxyl groups is 1. The third-order valence-electron chi connectivity index (χ3n) is 2.09. The highest BCUT2D eigenvalue weighted by atomic mass is 16.5. The van der Waals surface area contributed by atoms with Crippen LogP contribution in [0.4, 0.5) is 0 Å². The zero-order chi connectivity index (χ0) is 11.4. The SMILES string of the molecule is N#Cc1c(O)cccc1Oc1ccccc1. The minimum Gasteiger partial charge on any atom is -0.506 e. The number of benzene rings is 2. The highest BCUT2D eigenvalue weighted by Crippen LogP contribution is 2.30. The van der Waals surface area contributed by atoms with E-state index < -0.39 is 0 Å². The Balaban J connectivity index is 2.36. The van der Waals surface area contributed by atoms with Crippen molar-refractivity contribution in [3.05, 3.63) is 54.1 Å². The third kappa shape index (κ3) is 1.96.